The van der Waals surface area contributed by atoms with Gasteiger partial charge in [-0.1, -0.05) is 26.0 Å². The first kappa shape index (κ1) is 20.7. The van der Waals surface area contributed by atoms with Crippen molar-refractivity contribution < 1.29 is 0 Å². The van der Waals surface area contributed by atoms with E-state index in [1.807, 2.05) is 0 Å². The second-order valence-corrected chi connectivity index (χ2v) is 7.17. The van der Waals surface area contributed by atoms with Gasteiger partial charge in [-0.15, -0.1) is 24.0 Å². The number of hydrogen-bond acceptors (Lipinski definition) is 2. The number of piperidine rings is 1. The minimum absolute atomic E-state index is 0. The van der Waals surface area contributed by atoms with Gasteiger partial charge in [0.25, 0.3) is 0 Å². The molecule has 1 heterocycles. The van der Waals surface area contributed by atoms with Crippen LogP contribution in [-0.2, 0) is 0 Å². The fourth-order valence-corrected chi connectivity index (χ4v) is 3.45. The summed E-state index contributed by atoms with van der Waals surface area (Å²) in [4.78, 5) is 7.47. The topological polar surface area (TPSA) is 39.7 Å². The number of rotatable bonds is 6. The Labute approximate surface area is 159 Å². The van der Waals surface area contributed by atoms with E-state index in [-0.39, 0.29) is 24.0 Å². The molecule has 0 amide bonds. The molecule has 4 nitrogen and oxygen atoms in total. The molecule has 2 N–H and O–H groups in total. The molecule has 1 unspecified atom stereocenters. The Bertz CT molecular complexity index is 373. The molecule has 1 fully saturated rings. The van der Waals surface area contributed by atoms with Gasteiger partial charge in [-0.05, 0) is 51.0 Å². The lowest BCUT2D eigenvalue weighted by Gasteiger charge is -2.33. The molecule has 0 radical (unpaired) electrons. The van der Waals surface area contributed by atoms with Crippen LogP contribution in [0.5, 0.6) is 0 Å². The van der Waals surface area contributed by atoms with E-state index in [2.05, 4.69) is 48.5 Å². The third-order valence-electron chi connectivity index (χ3n) is 4.43. The van der Waals surface area contributed by atoms with E-state index in [0.29, 0.717) is 12.0 Å². The fraction of sp³-hybridized carbons (Fsp3) is 0.833. The molecule has 0 bridgehead atoms. The molecular weight excluding hydrogens is 399 g/mol. The molecular formula is C18H35IN4. The monoisotopic (exact) mass is 434 g/mol. The summed E-state index contributed by atoms with van der Waals surface area (Å²) < 4.78 is 0. The van der Waals surface area contributed by atoms with Crippen LogP contribution in [0, 0.1) is 11.8 Å². The van der Waals surface area contributed by atoms with E-state index < -0.39 is 0 Å². The van der Waals surface area contributed by atoms with Crippen molar-refractivity contribution in [3.05, 3.63) is 12.2 Å². The molecule has 1 aliphatic carbocycles. The average molecular weight is 434 g/mol. The average Bonchev–Trinajstić information content (AvgIpc) is 2.98. The second-order valence-electron chi connectivity index (χ2n) is 7.17. The second kappa shape index (κ2) is 11.3. The zero-order valence-corrected chi connectivity index (χ0v) is 17.4. The first-order valence-corrected chi connectivity index (χ1v) is 9.09. The fourth-order valence-electron chi connectivity index (χ4n) is 3.45. The third kappa shape index (κ3) is 7.88. The van der Waals surface area contributed by atoms with Crippen LogP contribution in [0.2, 0.25) is 0 Å². The van der Waals surface area contributed by atoms with Crippen LogP contribution < -0.4 is 10.6 Å². The van der Waals surface area contributed by atoms with Crippen LogP contribution in [0.25, 0.3) is 0 Å². The molecule has 0 aromatic heterocycles. The van der Waals surface area contributed by atoms with Crippen LogP contribution in [0.1, 0.15) is 46.5 Å². The number of nitrogens with zero attached hydrogens (tertiary/aromatic N) is 2. The van der Waals surface area contributed by atoms with Crippen molar-refractivity contribution in [2.24, 2.45) is 16.8 Å². The maximum atomic E-state index is 4.85. The van der Waals surface area contributed by atoms with Crippen LogP contribution in [0.4, 0.5) is 0 Å². The van der Waals surface area contributed by atoms with Crippen molar-refractivity contribution in [2.45, 2.75) is 52.5 Å². The molecule has 134 valence electrons. The quantitative estimate of drug-likeness (QED) is 0.292. The first-order valence-electron chi connectivity index (χ1n) is 9.09. The molecule has 0 spiro atoms. The highest BCUT2D eigenvalue weighted by Gasteiger charge is 2.20. The van der Waals surface area contributed by atoms with Gasteiger partial charge in [0.1, 0.15) is 0 Å². The molecule has 0 aromatic rings. The van der Waals surface area contributed by atoms with Crippen molar-refractivity contribution in [1.29, 1.82) is 0 Å². The van der Waals surface area contributed by atoms with E-state index in [9.17, 15) is 0 Å². The van der Waals surface area contributed by atoms with Gasteiger partial charge in [0, 0.05) is 32.2 Å². The van der Waals surface area contributed by atoms with Crippen molar-refractivity contribution in [3.63, 3.8) is 0 Å². The van der Waals surface area contributed by atoms with Crippen molar-refractivity contribution in [1.82, 2.24) is 15.5 Å². The van der Waals surface area contributed by atoms with Gasteiger partial charge in [-0.25, -0.2) is 0 Å². The van der Waals surface area contributed by atoms with Crippen molar-refractivity contribution >= 4 is 29.9 Å². The minimum Gasteiger partial charge on any atom is -0.357 e. The van der Waals surface area contributed by atoms with E-state index in [0.717, 1.165) is 37.8 Å². The Hall–Kier alpha value is -0.300. The standard InChI is InChI=1S/C18H34N4.HI/c1-4-19-18(21-17-9-5-6-10-17)20-12-16-8-7-11-22(14-16)13-15(2)3;/h5-6,15-17H,4,7-14H2,1-3H3,(H2,19,20,21);1H. The van der Waals surface area contributed by atoms with Crippen LogP contribution in [-0.4, -0.2) is 49.6 Å². The van der Waals surface area contributed by atoms with Crippen LogP contribution in [0.3, 0.4) is 0 Å². The predicted octanol–water partition coefficient (Wildman–Crippen LogP) is 3.25. The van der Waals surface area contributed by atoms with Crippen LogP contribution in [0.15, 0.2) is 17.1 Å². The first-order chi connectivity index (χ1) is 10.7. The lowest BCUT2D eigenvalue weighted by Crippen LogP contribution is -2.43. The highest BCUT2D eigenvalue weighted by Crippen LogP contribution is 2.18. The van der Waals surface area contributed by atoms with Gasteiger partial charge in [-0.3, -0.25) is 4.99 Å². The molecule has 2 aliphatic rings. The molecule has 0 saturated carbocycles. The minimum atomic E-state index is 0. The summed E-state index contributed by atoms with van der Waals surface area (Å²) >= 11 is 0. The number of aliphatic imine (C=N–C) groups is 1. The summed E-state index contributed by atoms with van der Waals surface area (Å²) in [6.07, 6.45) is 9.40. The van der Waals surface area contributed by atoms with Crippen molar-refractivity contribution in [2.75, 3.05) is 32.7 Å². The van der Waals surface area contributed by atoms with E-state index >= 15 is 0 Å². The maximum absolute atomic E-state index is 4.85. The maximum Gasteiger partial charge on any atom is 0.191 e. The number of guanidine groups is 1. The van der Waals surface area contributed by atoms with Gasteiger partial charge in [0.2, 0.25) is 0 Å². The van der Waals surface area contributed by atoms with E-state index in [1.54, 1.807) is 0 Å². The summed E-state index contributed by atoms with van der Waals surface area (Å²) in [7, 11) is 0. The summed E-state index contributed by atoms with van der Waals surface area (Å²) in [5.74, 6) is 2.47. The predicted molar refractivity (Wildman–Crippen MR) is 111 cm³/mol. The van der Waals surface area contributed by atoms with Gasteiger partial charge < -0.3 is 15.5 Å². The molecule has 5 heteroatoms. The molecule has 1 aliphatic heterocycles. The zero-order chi connectivity index (χ0) is 15.8. The summed E-state index contributed by atoms with van der Waals surface area (Å²) in [6.45, 7) is 12.3. The van der Waals surface area contributed by atoms with Gasteiger partial charge >= 0.3 is 0 Å². The third-order valence-corrected chi connectivity index (χ3v) is 4.43. The number of likely N-dealkylation sites (tertiary alicyclic amines) is 1. The number of nitrogens with one attached hydrogen (secondary N) is 2. The van der Waals surface area contributed by atoms with E-state index in [4.69, 9.17) is 4.99 Å². The van der Waals surface area contributed by atoms with Crippen molar-refractivity contribution in [3.8, 4) is 0 Å². The molecule has 0 aromatic carbocycles. The van der Waals surface area contributed by atoms with Gasteiger partial charge in [0.15, 0.2) is 5.96 Å². The Morgan fingerprint density at radius 1 is 1.30 bits per heavy atom. The Morgan fingerprint density at radius 3 is 2.70 bits per heavy atom. The van der Waals surface area contributed by atoms with E-state index in [1.165, 1.54) is 32.5 Å². The summed E-state index contributed by atoms with van der Waals surface area (Å²) in [6, 6.07) is 0.529. The highest BCUT2D eigenvalue weighted by molar-refractivity contribution is 14.0. The Balaban J connectivity index is 0.00000264. The Morgan fingerprint density at radius 2 is 2.04 bits per heavy atom. The lowest BCUT2D eigenvalue weighted by atomic mass is 9.97. The highest BCUT2D eigenvalue weighted by atomic mass is 127. The van der Waals surface area contributed by atoms with Gasteiger partial charge in [0.05, 0.1) is 0 Å². The molecule has 2 rings (SSSR count). The zero-order valence-electron chi connectivity index (χ0n) is 15.1. The SMILES string of the molecule is CCNC(=NCC1CCCN(CC(C)C)C1)NC1CC=CC1.I. The number of halogens is 1. The van der Waals surface area contributed by atoms with Gasteiger partial charge in [-0.2, -0.15) is 0 Å². The Kier molecular flexibility index (Phi) is 10.2. The molecule has 1 saturated heterocycles. The van der Waals surface area contributed by atoms with Crippen LogP contribution >= 0.6 is 24.0 Å². The molecule has 23 heavy (non-hydrogen) atoms. The smallest absolute Gasteiger partial charge is 0.191 e. The normalized spacial score (nSPS) is 23.1. The lowest BCUT2D eigenvalue weighted by molar-refractivity contribution is 0.162. The number of hydrogen-bond donors (Lipinski definition) is 2. The summed E-state index contributed by atoms with van der Waals surface area (Å²) in [5.41, 5.74) is 0. The summed E-state index contributed by atoms with van der Waals surface area (Å²) in [5, 5.41) is 6.95. The molecule has 1 atom stereocenters. The largest absolute Gasteiger partial charge is 0.357 e.